The molecular weight excluding hydrogens is 464 g/mol. The maximum Gasteiger partial charge on any atom is 0.159 e. The van der Waals surface area contributed by atoms with Crippen LogP contribution < -0.4 is 4.74 Å². The molecule has 2 aromatic rings. The van der Waals surface area contributed by atoms with Crippen LogP contribution in [0.4, 0.5) is 0 Å². The van der Waals surface area contributed by atoms with Crippen molar-refractivity contribution in [2.45, 2.75) is 23.8 Å². The molecule has 0 bridgehead atoms. The fourth-order valence-corrected chi connectivity index (χ4v) is 4.17. The van der Waals surface area contributed by atoms with E-state index in [0.717, 1.165) is 33.1 Å². The molecule has 1 heterocycles. The Kier molecular flexibility index (Phi) is 4.13. The highest BCUT2D eigenvalue weighted by Gasteiger charge is 2.30. The van der Waals surface area contributed by atoms with Gasteiger partial charge in [-0.15, -0.1) is 0 Å². The van der Waals surface area contributed by atoms with E-state index in [0.29, 0.717) is 15.0 Å². The van der Waals surface area contributed by atoms with Crippen molar-refractivity contribution in [1.29, 1.82) is 0 Å². The Labute approximate surface area is 143 Å². The van der Waals surface area contributed by atoms with Gasteiger partial charge in [0.25, 0.3) is 0 Å². The third-order valence-electron chi connectivity index (χ3n) is 3.13. The second-order valence-electron chi connectivity index (χ2n) is 4.51. The lowest BCUT2D eigenvalue weighted by Gasteiger charge is -2.32. The first-order valence-electron chi connectivity index (χ1n) is 5.79. The van der Waals surface area contributed by atoms with Gasteiger partial charge >= 0.3 is 0 Å². The van der Waals surface area contributed by atoms with Crippen LogP contribution in [0.1, 0.15) is 12.8 Å². The lowest BCUT2D eigenvalue weighted by molar-refractivity contribution is 0.129. The first-order chi connectivity index (χ1) is 9.04. The summed E-state index contributed by atoms with van der Waals surface area (Å²) in [4.78, 5) is 4.93. The standard InChI is InChI=1S/C13H9BrCl2INO/c14-6-3-7(4-6)19-13-10(17)5-9(15)8-1-2-11(16)18-12(8)13/h1-2,5-7H,3-4H2. The van der Waals surface area contributed by atoms with Crippen LogP contribution in [0, 0.1) is 3.57 Å². The van der Waals surface area contributed by atoms with Gasteiger partial charge in [-0.1, -0.05) is 39.1 Å². The van der Waals surface area contributed by atoms with E-state index in [4.69, 9.17) is 27.9 Å². The number of benzene rings is 1. The summed E-state index contributed by atoms with van der Waals surface area (Å²) in [6.45, 7) is 0. The highest BCUT2D eigenvalue weighted by molar-refractivity contribution is 14.1. The van der Waals surface area contributed by atoms with Gasteiger partial charge in [0.05, 0.1) is 8.59 Å². The molecule has 19 heavy (non-hydrogen) atoms. The fourth-order valence-electron chi connectivity index (χ4n) is 2.05. The van der Waals surface area contributed by atoms with Gasteiger partial charge in [-0.25, -0.2) is 4.98 Å². The molecular formula is C13H9BrCl2INO. The zero-order valence-corrected chi connectivity index (χ0v) is 14.9. The van der Waals surface area contributed by atoms with Crippen LogP contribution in [0.2, 0.25) is 10.2 Å². The van der Waals surface area contributed by atoms with Gasteiger partial charge < -0.3 is 4.74 Å². The number of nitrogens with zero attached hydrogens (tertiary/aromatic N) is 1. The van der Waals surface area contributed by atoms with Crippen LogP contribution in [-0.4, -0.2) is 15.9 Å². The number of aromatic nitrogens is 1. The van der Waals surface area contributed by atoms with Crippen molar-refractivity contribution in [2.75, 3.05) is 0 Å². The van der Waals surface area contributed by atoms with Crippen molar-refractivity contribution in [3.63, 3.8) is 0 Å². The Balaban J connectivity index is 2.08. The predicted molar refractivity (Wildman–Crippen MR) is 90.8 cm³/mol. The van der Waals surface area contributed by atoms with Gasteiger partial charge in [-0.3, -0.25) is 0 Å². The number of hydrogen-bond acceptors (Lipinski definition) is 2. The largest absolute Gasteiger partial charge is 0.487 e. The summed E-state index contributed by atoms with van der Waals surface area (Å²) in [6, 6.07) is 5.52. The Morgan fingerprint density at radius 2 is 2.05 bits per heavy atom. The fraction of sp³-hybridized carbons (Fsp3) is 0.308. The lowest BCUT2D eigenvalue weighted by atomic mass is 9.96. The van der Waals surface area contributed by atoms with Gasteiger partial charge in [0, 0.05) is 10.2 Å². The predicted octanol–water partition coefficient (Wildman–Crippen LogP) is 5.45. The molecule has 1 aromatic heterocycles. The van der Waals surface area contributed by atoms with Crippen molar-refractivity contribution < 1.29 is 4.74 Å². The van der Waals surface area contributed by atoms with Gasteiger partial charge in [-0.05, 0) is 53.6 Å². The molecule has 0 atom stereocenters. The molecule has 0 N–H and O–H groups in total. The highest BCUT2D eigenvalue weighted by Crippen LogP contribution is 2.39. The average Bonchev–Trinajstić information content (AvgIpc) is 2.31. The third kappa shape index (κ3) is 2.82. The minimum Gasteiger partial charge on any atom is -0.487 e. The summed E-state index contributed by atoms with van der Waals surface area (Å²) in [5, 5.41) is 1.99. The zero-order chi connectivity index (χ0) is 13.6. The number of alkyl halides is 1. The maximum absolute atomic E-state index is 6.24. The topological polar surface area (TPSA) is 22.1 Å². The van der Waals surface area contributed by atoms with E-state index >= 15 is 0 Å². The molecule has 0 aliphatic heterocycles. The lowest BCUT2D eigenvalue weighted by Crippen LogP contribution is -2.34. The zero-order valence-electron chi connectivity index (χ0n) is 9.67. The van der Waals surface area contributed by atoms with Gasteiger partial charge in [-0.2, -0.15) is 0 Å². The molecule has 0 spiro atoms. The minimum atomic E-state index is 0.239. The molecule has 2 nitrogen and oxygen atoms in total. The molecule has 0 amide bonds. The molecule has 6 heteroatoms. The van der Waals surface area contributed by atoms with Crippen LogP contribution in [0.15, 0.2) is 18.2 Å². The molecule has 1 fully saturated rings. The smallest absolute Gasteiger partial charge is 0.159 e. The summed E-state index contributed by atoms with van der Waals surface area (Å²) >= 11 is 18.0. The molecule has 0 saturated heterocycles. The van der Waals surface area contributed by atoms with Crippen molar-refractivity contribution in [2.24, 2.45) is 0 Å². The Morgan fingerprint density at radius 1 is 1.32 bits per heavy atom. The molecule has 1 aliphatic rings. The van der Waals surface area contributed by atoms with Crippen LogP contribution >= 0.6 is 61.7 Å². The SMILES string of the molecule is Clc1ccc2c(Cl)cc(I)c(OC3CC(Br)C3)c2n1. The molecule has 100 valence electrons. The first-order valence-corrected chi connectivity index (χ1v) is 8.54. The highest BCUT2D eigenvalue weighted by atomic mass is 127. The number of pyridine rings is 1. The van der Waals surface area contributed by atoms with Crippen LogP contribution in [0.5, 0.6) is 5.75 Å². The molecule has 3 rings (SSSR count). The first kappa shape index (κ1) is 14.2. The third-order valence-corrected chi connectivity index (χ3v) is 5.20. The number of rotatable bonds is 2. The van der Waals surface area contributed by atoms with Crippen molar-refractivity contribution in [3.8, 4) is 5.75 Å². The summed E-state index contributed by atoms with van der Waals surface area (Å²) < 4.78 is 7.02. The van der Waals surface area contributed by atoms with E-state index in [1.807, 2.05) is 12.1 Å². The van der Waals surface area contributed by atoms with Gasteiger partial charge in [0.2, 0.25) is 0 Å². The monoisotopic (exact) mass is 471 g/mol. The quantitative estimate of drug-likeness (QED) is 0.329. The van der Waals surface area contributed by atoms with E-state index in [1.54, 1.807) is 6.07 Å². The van der Waals surface area contributed by atoms with Crippen molar-refractivity contribution >= 4 is 72.6 Å². The van der Waals surface area contributed by atoms with Crippen molar-refractivity contribution in [3.05, 3.63) is 31.9 Å². The average molecular weight is 473 g/mol. The summed E-state index contributed by atoms with van der Waals surface area (Å²) in [5.74, 6) is 0.784. The van der Waals surface area contributed by atoms with Crippen LogP contribution in [0.25, 0.3) is 10.9 Å². The van der Waals surface area contributed by atoms with E-state index in [9.17, 15) is 0 Å². The number of halogens is 4. The Bertz CT molecular complexity index is 646. The van der Waals surface area contributed by atoms with E-state index in [-0.39, 0.29) is 6.10 Å². The van der Waals surface area contributed by atoms with Gasteiger partial charge in [0.1, 0.15) is 16.8 Å². The van der Waals surface area contributed by atoms with E-state index < -0.39 is 0 Å². The van der Waals surface area contributed by atoms with Crippen molar-refractivity contribution in [1.82, 2.24) is 4.98 Å². The number of hydrogen-bond donors (Lipinski definition) is 0. The second kappa shape index (κ2) is 5.54. The summed E-state index contributed by atoms with van der Waals surface area (Å²) in [7, 11) is 0. The second-order valence-corrected chi connectivity index (χ2v) is 7.76. The molecule has 1 aliphatic carbocycles. The summed E-state index contributed by atoms with van der Waals surface area (Å²) in [5.41, 5.74) is 0.738. The summed E-state index contributed by atoms with van der Waals surface area (Å²) in [6.07, 6.45) is 2.27. The van der Waals surface area contributed by atoms with E-state index in [2.05, 4.69) is 43.5 Å². The molecule has 1 aromatic carbocycles. The molecule has 0 unspecified atom stereocenters. The Hall–Kier alpha value is 0.220. The van der Waals surface area contributed by atoms with Gasteiger partial charge in [0.15, 0.2) is 5.75 Å². The minimum absolute atomic E-state index is 0.239. The maximum atomic E-state index is 6.24. The van der Waals surface area contributed by atoms with Crippen LogP contribution in [-0.2, 0) is 0 Å². The Morgan fingerprint density at radius 3 is 2.74 bits per heavy atom. The van der Waals surface area contributed by atoms with E-state index in [1.165, 1.54) is 0 Å². The molecule has 1 saturated carbocycles. The molecule has 0 radical (unpaired) electrons. The number of fused-ring (bicyclic) bond motifs is 1. The normalized spacial score (nSPS) is 22.3. The number of ether oxygens (including phenoxy) is 1. The van der Waals surface area contributed by atoms with Crippen LogP contribution in [0.3, 0.4) is 0 Å².